The number of nitrogens with zero attached hydrogens (tertiary/aromatic N) is 5. The topological polar surface area (TPSA) is 61.1 Å². The number of thioether (sulfide) groups is 1. The van der Waals surface area contributed by atoms with Gasteiger partial charge < -0.3 is 8.82 Å². The molecular weight excluding hydrogens is 406 g/mol. The van der Waals surface area contributed by atoms with E-state index in [2.05, 4.69) is 19.7 Å². The molecule has 5 aromatic rings. The van der Waals surface area contributed by atoms with Crippen molar-refractivity contribution in [3.63, 3.8) is 0 Å². The van der Waals surface area contributed by atoms with Crippen LogP contribution in [0.2, 0.25) is 5.02 Å². The minimum Gasteiger partial charge on any atom is -0.467 e. The lowest BCUT2D eigenvalue weighted by Gasteiger charge is -2.08. The molecule has 0 unspecified atom stereocenters. The molecule has 5 rings (SSSR count). The lowest BCUT2D eigenvalue weighted by molar-refractivity contribution is 0.485. The third kappa shape index (κ3) is 3.79. The van der Waals surface area contributed by atoms with Gasteiger partial charge in [-0.2, -0.15) is 0 Å². The number of imidazole rings is 1. The molecule has 0 aliphatic rings. The normalized spacial score (nSPS) is 11.3. The van der Waals surface area contributed by atoms with E-state index < -0.39 is 0 Å². The molecule has 0 spiro atoms. The van der Waals surface area contributed by atoms with Crippen LogP contribution in [0.1, 0.15) is 11.5 Å². The molecule has 0 radical (unpaired) electrons. The number of benzene rings is 1. The van der Waals surface area contributed by atoms with Gasteiger partial charge in [0.1, 0.15) is 11.4 Å². The van der Waals surface area contributed by atoms with Gasteiger partial charge in [-0.05, 0) is 48.5 Å². The second-order valence-electron chi connectivity index (χ2n) is 6.47. The van der Waals surface area contributed by atoms with Crippen LogP contribution in [0, 0.1) is 0 Å². The zero-order valence-electron chi connectivity index (χ0n) is 15.3. The molecule has 0 saturated heterocycles. The number of halogens is 1. The number of hydrogen-bond donors (Lipinski definition) is 0. The third-order valence-corrected chi connectivity index (χ3v) is 5.73. The summed E-state index contributed by atoms with van der Waals surface area (Å²) in [6, 6.07) is 17.4. The molecular formula is C21H16ClN5OS. The largest absolute Gasteiger partial charge is 0.467 e. The van der Waals surface area contributed by atoms with Gasteiger partial charge in [-0.1, -0.05) is 29.4 Å². The lowest BCUT2D eigenvalue weighted by atomic mass is 10.2. The van der Waals surface area contributed by atoms with Gasteiger partial charge in [-0.15, -0.1) is 10.2 Å². The van der Waals surface area contributed by atoms with Gasteiger partial charge in [0.05, 0.1) is 18.5 Å². The minimum atomic E-state index is 0.547. The molecule has 0 bridgehead atoms. The van der Waals surface area contributed by atoms with Crippen molar-refractivity contribution in [2.24, 2.45) is 0 Å². The maximum atomic E-state index is 6.04. The van der Waals surface area contributed by atoms with Gasteiger partial charge in [-0.3, -0.25) is 4.57 Å². The Morgan fingerprint density at radius 3 is 2.69 bits per heavy atom. The standard InChI is InChI=1S/C21H16ClN5OS/c22-16-8-6-15(7-9-16)20-24-25-21(27(20)13-18-4-3-11-28-18)29-14-17-12-26-10-2-1-5-19(26)23-17/h1-12H,13-14H2. The lowest BCUT2D eigenvalue weighted by Crippen LogP contribution is -2.03. The molecule has 0 aliphatic heterocycles. The molecule has 0 amide bonds. The highest BCUT2D eigenvalue weighted by atomic mass is 35.5. The summed E-state index contributed by atoms with van der Waals surface area (Å²) in [5, 5.41) is 10.4. The Kier molecular flexibility index (Phi) is 4.83. The molecule has 0 atom stereocenters. The van der Waals surface area contributed by atoms with Crippen LogP contribution < -0.4 is 0 Å². The summed E-state index contributed by atoms with van der Waals surface area (Å²) in [7, 11) is 0. The van der Waals surface area contributed by atoms with Gasteiger partial charge in [0.25, 0.3) is 0 Å². The summed E-state index contributed by atoms with van der Waals surface area (Å²) in [6.07, 6.45) is 5.70. The first-order valence-electron chi connectivity index (χ1n) is 9.03. The molecule has 8 heteroatoms. The van der Waals surface area contributed by atoms with Gasteiger partial charge in [0.2, 0.25) is 0 Å². The Labute approximate surface area is 176 Å². The van der Waals surface area contributed by atoms with E-state index in [0.29, 0.717) is 17.3 Å². The van der Waals surface area contributed by atoms with Crippen molar-refractivity contribution in [3.8, 4) is 11.4 Å². The minimum absolute atomic E-state index is 0.547. The molecule has 0 saturated carbocycles. The first-order chi connectivity index (χ1) is 14.3. The average Bonchev–Trinajstić information content (AvgIpc) is 3.47. The fourth-order valence-corrected chi connectivity index (χ4v) is 4.05. The van der Waals surface area contributed by atoms with Crippen molar-refractivity contribution >= 4 is 29.0 Å². The predicted molar refractivity (Wildman–Crippen MR) is 113 cm³/mol. The number of aromatic nitrogens is 5. The van der Waals surface area contributed by atoms with Gasteiger partial charge in [0.15, 0.2) is 11.0 Å². The van der Waals surface area contributed by atoms with E-state index in [4.69, 9.17) is 16.0 Å². The van der Waals surface area contributed by atoms with Crippen LogP contribution in [0.5, 0.6) is 0 Å². The van der Waals surface area contributed by atoms with Gasteiger partial charge >= 0.3 is 0 Å². The maximum absolute atomic E-state index is 6.04. The summed E-state index contributed by atoms with van der Waals surface area (Å²) in [6.45, 7) is 0.547. The maximum Gasteiger partial charge on any atom is 0.192 e. The molecule has 1 aromatic carbocycles. The zero-order valence-corrected chi connectivity index (χ0v) is 16.8. The van der Waals surface area contributed by atoms with E-state index in [1.54, 1.807) is 18.0 Å². The Morgan fingerprint density at radius 1 is 1.00 bits per heavy atom. The fourth-order valence-electron chi connectivity index (χ4n) is 3.10. The Hall–Kier alpha value is -3.03. The van der Waals surface area contributed by atoms with Crippen molar-refractivity contribution in [2.45, 2.75) is 17.5 Å². The molecule has 0 aliphatic carbocycles. The first kappa shape index (κ1) is 18.0. The van der Waals surface area contributed by atoms with Crippen molar-refractivity contribution in [1.29, 1.82) is 0 Å². The monoisotopic (exact) mass is 421 g/mol. The Balaban J connectivity index is 1.45. The van der Waals surface area contributed by atoms with Crippen LogP contribution in [0.15, 0.2) is 82.8 Å². The predicted octanol–water partition coefficient (Wildman–Crippen LogP) is 5.18. The van der Waals surface area contributed by atoms with Crippen molar-refractivity contribution in [2.75, 3.05) is 0 Å². The van der Waals surface area contributed by atoms with E-state index in [9.17, 15) is 0 Å². The van der Waals surface area contributed by atoms with E-state index in [1.807, 2.05) is 71.4 Å². The van der Waals surface area contributed by atoms with Gasteiger partial charge in [-0.25, -0.2) is 4.98 Å². The molecule has 4 heterocycles. The van der Waals surface area contributed by atoms with Crippen LogP contribution in [0.3, 0.4) is 0 Å². The summed E-state index contributed by atoms with van der Waals surface area (Å²) in [4.78, 5) is 4.66. The molecule has 144 valence electrons. The summed E-state index contributed by atoms with van der Waals surface area (Å²) < 4.78 is 9.63. The second kappa shape index (κ2) is 7.77. The van der Waals surface area contributed by atoms with Crippen LogP contribution >= 0.6 is 23.4 Å². The van der Waals surface area contributed by atoms with Crippen molar-refractivity contribution < 1.29 is 4.42 Å². The molecule has 0 N–H and O–H groups in total. The summed E-state index contributed by atoms with van der Waals surface area (Å²) in [5.74, 6) is 2.31. The molecule has 4 aromatic heterocycles. The summed E-state index contributed by atoms with van der Waals surface area (Å²) >= 11 is 7.64. The SMILES string of the molecule is Clc1ccc(-c2nnc(SCc3cn4ccccc4n3)n2Cc2ccco2)cc1. The van der Waals surface area contributed by atoms with Crippen LogP contribution in [-0.2, 0) is 12.3 Å². The van der Waals surface area contributed by atoms with Crippen LogP contribution in [-0.4, -0.2) is 24.1 Å². The van der Waals surface area contributed by atoms with E-state index in [1.165, 1.54) is 0 Å². The Morgan fingerprint density at radius 2 is 1.90 bits per heavy atom. The van der Waals surface area contributed by atoms with E-state index in [0.717, 1.165) is 33.6 Å². The number of hydrogen-bond acceptors (Lipinski definition) is 5. The molecule has 0 fully saturated rings. The smallest absolute Gasteiger partial charge is 0.192 e. The highest BCUT2D eigenvalue weighted by Gasteiger charge is 2.16. The van der Waals surface area contributed by atoms with Crippen molar-refractivity contribution in [3.05, 3.63) is 89.7 Å². The summed E-state index contributed by atoms with van der Waals surface area (Å²) in [5.41, 5.74) is 2.87. The van der Waals surface area contributed by atoms with Crippen molar-refractivity contribution in [1.82, 2.24) is 24.1 Å². The number of fused-ring (bicyclic) bond motifs is 1. The molecule has 29 heavy (non-hydrogen) atoms. The van der Waals surface area contributed by atoms with E-state index >= 15 is 0 Å². The van der Waals surface area contributed by atoms with Gasteiger partial charge in [0, 0.05) is 28.7 Å². The highest BCUT2D eigenvalue weighted by Crippen LogP contribution is 2.28. The number of pyridine rings is 1. The second-order valence-corrected chi connectivity index (χ2v) is 7.84. The zero-order chi connectivity index (χ0) is 19.6. The highest BCUT2D eigenvalue weighted by molar-refractivity contribution is 7.98. The quantitative estimate of drug-likeness (QED) is 0.353. The van der Waals surface area contributed by atoms with Crippen LogP contribution in [0.4, 0.5) is 0 Å². The van der Waals surface area contributed by atoms with Crippen LogP contribution in [0.25, 0.3) is 17.0 Å². The van der Waals surface area contributed by atoms with E-state index in [-0.39, 0.29) is 0 Å². The third-order valence-electron chi connectivity index (χ3n) is 4.48. The Bertz CT molecular complexity index is 1210. The fraction of sp³-hybridized carbons (Fsp3) is 0.0952. The molecule has 6 nitrogen and oxygen atoms in total. The number of rotatable bonds is 6. The first-order valence-corrected chi connectivity index (χ1v) is 10.4. The average molecular weight is 422 g/mol. The number of furan rings is 1.